The first-order chi connectivity index (χ1) is 46.2. The lowest BCUT2D eigenvalue weighted by atomic mass is 9.91. The number of aliphatic hydroxyl groups excluding tert-OH is 1. The van der Waals surface area contributed by atoms with Gasteiger partial charge in [-0.25, -0.2) is 9.59 Å². The van der Waals surface area contributed by atoms with Crippen LogP contribution in [0, 0.1) is 41.4 Å². The zero-order valence-electron chi connectivity index (χ0n) is 65.4. The van der Waals surface area contributed by atoms with Gasteiger partial charge in [-0.2, -0.15) is 0 Å². The lowest BCUT2D eigenvalue weighted by Crippen LogP contribution is -2.63. The van der Waals surface area contributed by atoms with Gasteiger partial charge in [0.2, 0.25) is 59.1 Å². The van der Waals surface area contributed by atoms with E-state index in [1.165, 1.54) is 87.7 Å². The second-order valence-corrected chi connectivity index (χ2v) is 30.3. The summed E-state index contributed by atoms with van der Waals surface area (Å²) in [7, 11) is 9.93. The Hall–Kier alpha value is -7.64. The van der Waals surface area contributed by atoms with Crippen LogP contribution in [-0.4, -0.2) is 239 Å². The number of rotatable bonds is 39. The van der Waals surface area contributed by atoms with E-state index in [4.69, 9.17) is 9.47 Å². The first-order valence-electron chi connectivity index (χ1n) is 35.4. The molecule has 0 spiro atoms. The number of nitrogens with zero attached hydrogens (tertiary/aromatic N) is 7. The molecule has 26 nitrogen and oxygen atoms in total. The zero-order chi connectivity index (χ0) is 77.3. The smallest absolute Gasteiger partial charge is 0.408 e. The number of nitrogens with one attached hydrogen (secondary N) is 4. The Balaban J connectivity index is 3.64. The minimum absolute atomic E-state index is 0.000325. The van der Waals surface area contributed by atoms with Crippen LogP contribution >= 0.6 is 0 Å². The molecular weight excluding hydrogens is 1280 g/mol. The van der Waals surface area contributed by atoms with E-state index >= 15 is 9.59 Å². The van der Waals surface area contributed by atoms with Crippen molar-refractivity contribution in [1.82, 2.24) is 55.6 Å². The molecule has 0 aliphatic carbocycles. The summed E-state index contributed by atoms with van der Waals surface area (Å²) in [5.41, 5.74) is -0.0730. The second kappa shape index (κ2) is 41.9. The van der Waals surface area contributed by atoms with E-state index in [0.717, 1.165) is 15.4 Å². The number of esters is 1. The summed E-state index contributed by atoms with van der Waals surface area (Å²) in [4.78, 5) is 180. The first kappa shape index (κ1) is 90.4. The van der Waals surface area contributed by atoms with Crippen molar-refractivity contribution in [3.05, 3.63) is 48.0 Å². The highest BCUT2D eigenvalue weighted by molar-refractivity contribution is 5.99. The molecule has 568 valence electrons. The van der Waals surface area contributed by atoms with Crippen molar-refractivity contribution in [2.75, 3.05) is 55.9 Å². The van der Waals surface area contributed by atoms with Gasteiger partial charge in [-0.05, 0) is 127 Å². The molecule has 1 rings (SSSR count). The third-order valence-electron chi connectivity index (χ3n) is 17.6. The molecule has 0 bridgehead atoms. The van der Waals surface area contributed by atoms with Gasteiger partial charge in [0, 0.05) is 49.3 Å². The topological polar surface area (TPSA) is 314 Å². The van der Waals surface area contributed by atoms with E-state index in [2.05, 4.69) is 21.3 Å². The molecule has 11 amide bonds. The molecule has 0 saturated carbocycles. The number of allylic oxidation sites excluding steroid dienone is 2. The van der Waals surface area contributed by atoms with Crippen LogP contribution in [-0.2, 0) is 68.8 Å². The number of amides is 11. The Labute approximate surface area is 597 Å². The number of ether oxygens (including phenoxy) is 2. The van der Waals surface area contributed by atoms with E-state index in [1.54, 1.807) is 93.5 Å². The predicted octanol–water partition coefficient (Wildman–Crippen LogP) is 6.41. The molecule has 0 aliphatic rings. The van der Waals surface area contributed by atoms with Crippen molar-refractivity contribution in [2.45, 2.75) is 256 Å². The van der Waals surface area contributed by atoms with Gasteiger partial charge in [-0.1, -0.05) is 139 Å². The minimum atomic E-state index is -1.65. The maximum Gasteiger partial charge on any atom is 0.408 e. The summed E-state index contributed by atoms with van der Waals surface area (Å²) >= 11 is 0. The van der Waals surface area contributed by atoms with E-state index in [9.17, 15) is 53.1 Å². The van der Waals surface area contributed by atoms with Crippen molar-refractivity contribution in [1.29, 1.82) is 0 Å². The summed E-state index contributed by atoms with van der Waals surface area (Å²) in [5.74, 6) is -9.52. The first-order valence-corrected chi connectivity index (χ1v) is 35.4. The maximum atomic E-state index is 15.2. The van der Waals surface area contributed by atoms with Gasteiger partial charge in [0.1, 0.15) is 72.6 Å². The second-order valence-electron chi connectivity index (χ2n) is 30.3. The fourth-order valence-corrected chi connectivity index (χ4v) is 11.7. The molecule has 0 heterocycles. The molecular formula is C74H127N11O15. The van der Waals surface area contributed by atoms with Crippen LogP contribution in [0.15, 0.2) is 42.5 Å². The number of alkyl carbamates (subject to hydrolysis) is 1. The van der Waals surface area contributed by atoms with Gasteiger partial charge in [-0.15, -0.1) is 0 Å². The molecule has 0 aromatic heterocycles. The van der Waals surface area contributed by atoms with Crippen LogP contribution < -0.4 is 21.3 Å². The van der Waals surface area contributed by atoms with Crippen molar-refractivity contribution >= 4 is 71.1 Å². The fraction of sp³-hybridized carbons (Fsp3) is 0.730. The highest BCUT2D eigenvalue weighted by atomic mass is 16.6. The van der Waals surface area contributed by atoms with Gasteiger partial charge < -0.3 is 70.1 Å². The summed E-state index contributed by atoms with van der Waals surface area (Å²) in [6.07, 6.45) is 2.20. The Morgan fingerprint density at radius 3 is 1.41 bits per heavy atom. The predicted molar refractivity (Wildman–Crippen MR) is 386 cm³/mol. The fourth-order valence-electron chi connectivity index (χ4n) is 11.7. The summed E-state index contributed by atoms with van der Waals surface area (Å²) in [6.45, 7) is 34.5. The van der Waals surface area contributed by atoms with Gasteiger partial charge in [0.25, 0.3) is 0 Å². The maximum absolute atomic E-state index is 15.2. The Morgan fingerprint density at radius 2 is 0.950 bits per heavy atom. The van der Waals surface area contributed by atoms with Crippen molar-refractivity contribution in [2.24, 2.45) is 41.4 Å². The van der Waals surface area contributed by atoms with Crippen molar-refractivity contribution in [3.63, 3.8) is 0 Å². The van der Waals surface area contributed by atoms with Crippen LogP contribution in [0.25, 0.3) is 0 Å². The van der Waals surface area contributed by atoms with Crippen LogP contribution in [0.4, 0.5) is 4.79 Å². The normalized spacial score (nSPS) is 15.4. The number of hydrogen-bond donors (Lipinski definition) is 5. The van der Waals surface area contributed by atoms with Crippen LogP contribution in [0.1, 0.15) is 183 Å². The van der Waals surface area contributed by atoms with E-state index < -0.39 is 168 Å². The lowest BCUT2D eigenvalue weighted by Gasteiger charge is -2.41. The van der Waals surface area contributed by atoms with Crippen molar-refractivity contribution < 1.29 is 72.1 Å². The van der Waals surface area contributed by atoms with Gasteiger partial charge in [0.15, 0.2) is 0 Å². The Morgan fingerprint density at radius 1 is 0.500 bits per heavy atom. The zero-order valence-corrected chi connectivity index (χ0v) is 65.4. The SMILES string of the molecule is C/C=C/C[C@@H](C)[C@@H](O)[C@@H](C(=O)N[C@@H](CC)C(=O)N(C)CC(=O)N(C)[C@@H](CC(C)C)C(=O)N[C@H](C(=O)N(C)[C@@H](CC(C)C)C(=O)N[C@@H](C)C(=O)OCc1ccccc1)C(C)C)N(C)C(=O)[C@H](C(C)C)N(C)C(=O)[C@H](CC(C)C)N(C)C(=O)[C@H](CC(C)C)N(C)C(=O)[C@@H](C)NC(=O)OC(C)(C)C. The van der Waals surface area contributed by atoms with E-state index in [0.29, 0.717) is 0 Å². The van der Waals surface area contributed by atoms with Gasteiger partial charge in [0.05, 0.1) is 12.6 Å². The molecule has 100 heavy (non-hydrogen) atoms. The third-order valence-corrected chi connectivity index (χ3v) is 17.6. The average Bonchev–Trinajstić information content (AvgIpc) is 0.804. The molecule has 1 aromatic rings. The van der Waals surface area contributed by atoms with E-state index in [-0.39, 0.29) is 68.8 Å². The lowest BCUT2D eigenvalue weighted by molar-refractivity contribution is -0.157. The summed E-state index contributed by atoms with van der Waals surface area (Å²) in [5, 5.41) is 23.0. The molecule has 0 saturated heterocycles. The minimum Gasteiger partial charge on any atom is -0.459 e. The van der Waals surface area contributed by atoms with Crippen LogP contribution in [0.2, 0.25) is 0 Å². The summed E-state index contributed by atoms with van der Waals surface area (Å²) < 4.78 is 10.8. The number of aliphatic hydroxyl groups is 1. The largest absolute Gasteiger partial charge is 0.459 e. The number of carbonyl (C=O) groups excluding carboxylic acids is 12. The molecule has 0 aliphatic heterocycles. The molecule has 0 radical (unpaired) electrons. The average molecular weight is 1410 g/mol. The standard InChI is InChI=1S/C74H127N11O15/c1-28-30-34-49(15)62(87)61(85(27)71(96)60(48(13)14)84(26)69(94)57(40-46(9)10)83(25)68(93)56(39-45(7)8)82(24)66(91)50(16)76-73(98)100-74(18,19)20)65(90)77-53(29-2)67(92)79(21)41-58(86)80(22)54(37-43(3)4)64(89)78-59(47(11)12)70(95)81(23)55(38-44(5)6)63(88)75-51(17)72(97)99-42-52-35-32-31-33-36-52/h28,30-33,35-36,43-51,53-57,59-62,87H,29,34,37-42H2,1-27H3,(H,75,88)(H,76,98)(H,77,90)(H,78,89)/b30-28+/t49-,50-,51+,53+,54+,55+,56+,57+,59+,60+,61+,62-/m1/s1. The highest BCUT2D eigenvalue weighted by Gasteiger charge is 2.46. The monoisotopic (exact) mass is 1410 g/mol. The molecule has 26 heteroatoms. The number of carbonyl (C=O) groups is 12. The number of likely N-dealkylation sites (N-methyl/N-ethyl adjacent to an activating group) is 7. The number of benzene rings is 1. The van der Waals surface area contributed by atoms with Gasteiger partial charge >= 0.3 is 12.1 Å². The summed E-state index contributed by atoms with van der Waals surface area (Å²) in [6, 6.07) is -2.93. The van der Waals surface area contributed by atoms with E-state index in [1.807, 2.05) is 73.6 Å². The van der Waals surface area contributed by atoms with Crippen LogP contribution in [0.5, 0.6) is 0 Å². The van der Waals surface area contributed by atoms with Crippen LogP contribution in [0.3, 0.4) is 0 Å². The third kappa shape index (κ3) is 28.1. The van der Waals surface area contributed by atoms with Crippen molar-refractivity contribution in [3.8, 4) is 0 Å². The molecule has 0 unspecified atom stereocenters. The van der Waals surface area contributed by atoms with Gasteiger partial charge in [-0.3, -0.25) is 47.9 Å². The quantitative estimate of drug-likeness (QED) is 0.0351. The molecule has 0 fully saturated rings. The number of hydrogen-bond acceptors (Lipinski definition) is 15. The Kier molecular flexibility index (Phi) is 37.9. The highest BCUT2D eigenvalue weighted by Crippen LogP contribution is 2.26. The molecule has 12 atom stereocenters. The molecule has 5 N–H and O–H groups in total. The molecule has 1 aromatic carbocycles. The Bertz CT molecular complexity index is 2900.